The van der Waals surface area contributed by atoms with E-state index >= 15 is 0 Å². The van der Waals surface area contributed by atoms with Crippen LogP contribution in [0.1, 0.15) is 32.7 Å². The van der Waals surface area contributed by atoms with Crippen LogP contribution in [0.15, 0.2) is 60.0 Å². The standard InChI is InChI=1S/C26H26N4O4S2/c1-17(34-2)21-6-4-3-5-19(21)15-30-12-11-22-23(14-27)26(35-24(22)16-30)29-25(31)13-18-7-9-20(10-8-18)36(28,32)33/h3-10H,1,11-13,15-16H2,2H3,(H,29,31)(H2,28,32,33). The van der Waals surface area contributed by atoms with E-state index in [0.717, 1.165) is 28.1 Å². The van der Waals surface area contributed by atoms with Crippen molar-refractivity contribution in [3.63, 3.8) is 0 Å². The molecule has 0 radical (unpaired) electrons. The number of sulfonamides is 1. The lowest BCUT2D eigenvalue weighted by Gasteiger charge is -2.27. The molecule has 0 saturated heterocycles. The molecule has 1 aliphatic heterocycles. The second-order valence-electron chi connectivity index (χ2n) is 8.48. The minimum Gasteiger partial charge on any atom is -0.497 e. The number of nitrogens with two attached hydrogens (primary N) is 1. The Labute approximate surface area is 214 Å². The van der Waals surface area contributed by atoms with E-state index in [9.17, 15) is 18.5 Å². The van der Waals surface area contributed by atoms with Crippen LogP contribution in [-0.2, 0) is 45.5 Å². The highest BCUT2D eigenvalue weighted by atomic mass is 32.2. The van der Waals surface area contributed by atoms with Gasteiger partial charge in [0.2, 0.25) is 15.9 Å². The fourth-order valence-electron chi connectivity index (χ4n) is 4.23. The number of anilines is 1. The maximum atomic E-state index is 12.7. The number of hydrogen-bond donors (Lipinski definition) is 2. The number of fused-ring (bicyclic) bond motifs is 1. The van der Waals surface area contributed by atoms with Crippen LogP contribution in [0.25, 0.3) is 5.76 Å². The van der Waals surface area contributed by atoms with Gasteiger partial charge in [-0.2, -0.15) is 5.26 Å². The van der Waals surface area contributed by atoms with E-state index in [1.165, 1.54) is 23.5 Å². The molecule has 2 aromatic carbocycles. The highest BCUT2D eigenvalue weighted by Gasteiger charge is 2.26. The number of ether oxygens (including phenoxy) is 1. The Kier molecular flexibility index (Phi) is 7.56. The first-order valence-corrected chi connectivity index (χ1v) is 13.6. The topological polar surface area (TPSA) is 126 Å². The molecule has 0 aliphatic carbocycles. The fraction of sp³-hybridized carbons (Fsp3) is 0.231. The van der Waals surface area contributed by atoms with Crippen LogP contribution in [0.3, 0.4) is 0 Å². The van der Waals surface area contributed by atoms with Gasteiger partial charge in [-0.25, -0.2) is 13.6 Å². The first-order chi connectivity index (χ1) is 17.2. The molecule has 3 N–H and O–H groups in total. The highest BCUT2D eigenvalue weighted by molar-refractivity contribution is 7.89. The van der Waals surface area contributed by atoms with Crippen molar-refractivity contribution in [2.75, 3.05) is 19.0 Å². The summed E-state index contributed by atoms with van der Waals surface area (Å²) >= 11 is 1.43. The van der Waals surface area contributed by atoms with Crippen molar-refractivity contribution < 1.29 is 17.9 Å². The molecule has 0 bridgehead atoms. The quantitative estimate of drug-likeness (QED) is 0.435. The van der Waals surface area contributed by atoms with Crippen molar-refractivity contribution >= 4 is 38.0 Å². The predicted octanol–water partition coefficient (Wildman–Crippen LogP) is 3.62. The van der Waals surface area contributed by atoms with Crippen LogP contribution in [0.4, 0.5) is 5.00 Å². The number of hydrogen-bond acceptors (Lipinski definition) is 7. The molecule has 0 fully saturated rings. The Bertz CT molecular complexity index is 1450. The second-order valence-corrected chi connectivity index (χ2v) is 11.1. The van der Waals surface area contributed by atoms with Gasteiger partial charge in [0.05, 0.1) is 24.0 Å². The Morgan fingerprint density at radius 3 is 2.64 bits per heavy atom. The molecule has 186 valence electrons. The largest absolute Gasteiger partial charge is 0.497 e. The smallest absolute Gasteiger partial charge is 0.238 e. The predicted molar refractivity (Wildman–Crippen MR) is 139 cm³/mol. The first kappa shape index (κ1) is 25.6. The summed E-state index contributed by atoms with van der Waals surface area (Å²) in [4.78, 5) is 16.1. The minimum absolute atomic E-state index is 0.0110. The lowest BCUT2D eigenvalue weighted by atomic mass is 10.0. The first-order valence-electron chi connectivity index (χ1n) is 11.2. The molecule has 2 heterocycles. The molecule has 8 nitrogen and oxygen atoms in total. The number of primary sulfonamides is 1. The molecule has 0 unspecified atom stereocenters. The summed E-state index contributed by atoms with van der Waals surface area (Å²) in [6.45, 7) is 6.16. The molecular formula is C26H26N4O4S2. The molecule has 1 aromatic heterocycles. The Morgan fingerprint density at radius 1 is 1.25 bits per heavy atom. The molecule has 10 heteroatoms. The van der Waals surface area contributed by atoms with Gasteiger partial charge in [0, 0.05) is 30.1 Å². The zero-order valence-corrected chi connectivity index (χ0v) is 21.4. The third-order valence-corrected chi connectivity index (χ3v) is 8.14. The summed E-state index contributed by atoms with van der Waals surface area (Å²) in [5.41, 5.74) is 4.23. The highest BCUT2D eigenvalue weighted by Crippen LogP contribution is 2.37. The number of nitriles is 1. The van der Waals surface area contributed by atoms with E-state index in [-0.39, 0.29) is 17.2 Å². The van der Waals surface area contributed by atoms with Gasteiger partial charge in [-0.15, -0.1) is 11.3 Å². The van der Waals surface area contributed by atoms with E-state index in [1.807, 2.05) is 18.2 Å². The number of amides is 1. The zero-order chi connectivity index (χ0) is 25.9. The normalized spacial score (nSPS) is 13.5. The van der Waals surface area contributed by atoms with Gasteiger partial charge in [-0.1, -0.05) is 43.0 Å². The van der Waals surface area contributed by atoms with Crippen LogP contribution in [0.2, 0.25) is 0 Å². The summed E-state index contributed by atoms with van der Waals surface area (Å²) in [5, 5.41) is 18.3. The molecule has 3 aromatic rings. The van der Waals surface area contributed by atoms with E-state index in [2.05, 4.69) is 28.9 Å². The van der Waals surface area contributed by atoms with Crippen LogP contribution in [-0.4, -0.2) is 32.9 Å². The average molecular weight is 523 g/mol. The van der Waals surface area contributed by atoms with Crippen LogP contribution in [0, 0.1) is 11.3 Å². The van der Waals surface area contributed by atoms with Gasteiger partial charge in [0.25, 0.3) is 0 Å². The lowest BCUT2D eigenvalue weighted by molar-refractivity contribution is -0.115. The van der Waals surface area contributed by atoms with Crippen molar-refractivity contribution in [3.05, 3.63) is 87.8 Å². The molecule has 0 saturated carbocycles. The number of thiophene rings is 1. The van der Waals surface area contributed by atoms with E-state index in [4.69, 9.17) is 9.88 Å². The monoisotopic (exact) mass is 522 g/mol. The molecular weight excluding hydrogens is 496 g/mol. The average Bonchev–Trinajstić information content (AvgIpc) is 3.19. The second kappa shape index (κ2) is 10.6. The van der Waals surface area contributed by atoms with Gasteiger partial charge in [-0.3, -0.25) is 9.69 Å². The van der Waals surface area contributed by atoms with Gasteiger partial charge in [0.1, 0.15) is 16.8 Å². The number of benzene rings is 2. The van der Waals surface area contributed by atoms with Crippen molar-refractivity contribution in [2.45, 2.75) is 30.8 Å². The van der Waals surface area contributed by atoms with E-state index in [0.29, 0.717) is 41.4 Å². The summed E-state index contributed by atoms with van der Waals surface area (Å²) in [5.74, 6) is 0.341. The SMILES string of the molecule is C=C(OC)c1ccccc1CN1CCc2c(sc(NC(=O)Cc3ccc(S(N)(=O)=O)cc3)c2C#N)C1. The van der Waals surface area contributed by atoms with Crippen molar-refractivity contribution in [3.8, 4) is 6.07 Å². The van der Waals surface area contributed by atoms with Crippen molar-refractivity contribution in [1.29, 1.82) is 5.26 Å². The number of carbonyl (C=O) groups excluding carboxylic acids is 1. The molecule has 1 amide bonds. The summed E-state index contributed by atoms with van der Waals surface area (Å²) < 4.78 is 28.2. The number of nitrogens with zero attached hydrogens (tertiary/aromatic N) is 2. The number of nitrogens with one attached hydrogen (secondary N) is 1. The third kappa shape index (κ3) is 5.66. The molecule has 1 aliphatic rings. The van der Waals surface area contributed by atoms with Crippen molar-refractivity contribution in [1.82, 2.24) is 4.90 Å². The van der Waals surface area contributed by atoms with Crippen LogP contribution < -0.4 is 10.5 Å². The lowest BCUT2D eigenvalue weighted by Crippen LogP contribution is -2.29. The number of methoxy groups -OCH3 is 1. The molecule has 36 heavy (non-hydrogen) atoms. The maximum absolute atomic E-state index is 12.7. The summed E-state index contributed by atoms with van der Waals surface area (Å²) in [7, 11) is -2.18. The molecule has 0 atom stereocenters. The zero-order valence-electron chi connectivity index (χ0n) is 19.8. The maximum Gasteiger partial charge on any atom is 0.238 e. The molecule has 4 rings (SSSR count). The Balaban J connectivity index is 1.46. The van der Waals surface area contributed by atoms with E-state index in [1.54, 1.807) is 19.2 Å². The van der Waals surface area contributed by atoms with Gasteiger partial charge >= 0.3 is 0 Å². The fourth-order valence-corrected chi connectivity index (χ4v) is 6.00. The number of carbonyl (C=O) groups is 1. The Morgan fingerprint density at radius 2 is 1.97 bits per heavy atom. The Hall–Kier alpha value is -3.49. The van der Waals surface area contributed by atoms with Gasteiger partial charge < -0.3 is 10.1 Å². The summed E-state index contributed by atoms with van der Waals surface area (Å²) in [6, 6.07) is 16.1. The number of rotatable bonds is 8. The van der Waals surface area contributed by atoms with Gasteiger partial charge in [0.15, 0.2) is 0 Å². The van der Waals surface area contributed by atoms with Crippen molar-refractivity contribution in [2.24, 2.45) is 5.14 Å². The third-order valence-electron chi connectivity index (χ3n) is 6.08. The van der Waals surface area contributed by atoms with E-state index < -0.39 is 10.0 Å². The van der Waals surface area contributed by atoms with Gasteiger partial charge in [-0.05, 0) is 35.2 Å². The van der Waals surface area contributed by atoms with Crippen LogP contribution in [0.5, 0.6) is 0 Å². The van der Waals surface area contributed by atoms with Crippen LogP contribution >= 0.6 is 11.3 Å². The molecule has 0 spiro atoms. The minimum atomic E-state index is -3.79. The summed E-state index contributed by atoms with van der Waals surface area (Å²) in [6.07, 6.45) is 0.762.